The molecule has 0 aromatic carbocycles. The highest BCUT2D eigenvalue weighted by Gasteiger charge is 2.28. The first kappa shape index (κ1) is 17.3. The molecule has 2 aromatic heterocycles. The Morgan fingerprint density at radius 2 is 2.04 bits per heavy atom. The zero-order chi connectivity index (χ0) is 18.3. The number of nitrogens with zero attached hydrogens (tertiary/aromatic N) is 3. The van der Waals surface area contributed by atoms with Gasteiger partial charge in [0, 0.05) is 20.1 Å². The molecule has 1 fully saturated rings. The van der Waals surface area contributed by atoms with Crippen LogP contribution in [-0.2, 0) is 14.1 Å². The molecule has 2 aromatic rings. The molecule has 8 nitrogen and oxygen atoms in total. The first-order chi connectivity index (χ1) is 11.8. The predicted octanol–water partition coefficient (Wildman–Crippen LogP) is -0.202. The van der Waals surface area contributed by atoms with Gasteiger partial charge in [0.1, 0.15) is 11.3 Å². The molecule has 1 saturated carbocycles. The van der Waals surface area contributed by atoms with Crippen molar-refractivity contribution in [3.8, 4) is 0 Å². The van der Waals surface area contributed by atoms with E-state index in [-0.39, 0.29) is 29.2 Å². The summed E-state index contributed by atoms with van der Waals surface area (Å²) in [6, 6.07) is 1.64. The summed E-state index contributed by atoms with van der Waals surface area (Å²) >= 11 is 0. The quantitative estimate of drug-likeness (QED) is 0.800. The van der Waals surface area contributed by atoms with Crippen LogP contribution in [0.2, 0.25) is 0 Å². The Labute approximate surface area is 144 Å². The van der Waals surface area contributed by atoms with Crippen LogP contribution in [0.4, 0.5) is 0 Å². The largest absolute Gasteiger partial charge is 0.348 e. The smallest absolute Gasteiger partial charge is 0.332 e. The molecule has 25 heavy (non-hydrogen) atoms. The minimum Gasteiger partial charge on any atom is -0.348 e. The summed E-state index contributed by atoms with van der Waals surface area (Å²) < 4.78 is 2.33. The number of nitrogens with two attached hydrogens (primary N) is 1. The first-order valence-corrected chi connectivity index (χ1v) is 8.43. The zero-order valence-electron chi connectivity index (χ0n) is 14.7. The molecule has 0 radical (unpaired) electrons. The van der Waals surface area contributed by atoms with Crippen LogP contribution in [0.1, 0.15) is 35.3 Å². The number of hydrogen-bond donors (Lipinski definition) is 2. The molecule has 2 atom stereocenters. The van der Waals surface area contributed by atoms with E-state index in [0.717, 1.165) is 23.8 Å². The summed E-state index contributed by atoms with van der Waals surface area (Å²) in [5.41, 5.74) is 5.93. The minimum atomic E-state index is -0.471. The van der Waals surface area contributed by atoms with E-state index in [1.54, 1.807) is 20.0 Å². The lowest BCUT2D eigenvalue weighted by Gasteiger charge is -2.19. The average molecular weight is 345 g/mol. The Bertz CT molecular complexity index is 959. The molecule has 0 aliphatic heterocycles. The van der Waals surface area contributed by atoms with Crippen molar-refractivity contribution in [2.45, 2.75) is 32.2 Å². The van der Waals surface area contributed by atoms with Crippen molar-refractivity contribution in [3.05, 3.63) is 38.2 Å². The molecular weight excluding hydrogens is 322 g/mol. The van der Waals surface area contributed by atoms with Gasteiger partial charge < -0.3 is 11.1 Å². The predicted molar refractivity (Wildman–Crippen MR) is 94.6 cm³/mol. The van der Waals surface area contributed by atoms with E-state index in [0.29, 0.717) is 17.5 Å². The highest BCUT2D eigenvalue weighted by atomic mass is 16.2. The van der Waals surface area contributed by atoms with Gasteiger partial charge in [-0.2, -0.15) is 0 Å². The molecule has 0 spiro atoms. The lowest BCUT2D eigenvalue weighted by molar-refractivity contribution is 0.0924. The van der Waals surface area contributed by atoms with Crippen LogP contribution in [0, 0.1) is 12.8 Å². The van der Waals surface area contributed by atoms with E-state index in [2.05, 4.69) is 10.3 Å². The van der Waals surface area contributed by atoms with Gasteiger partial charge >= 0.3 is 5.69 Å². The highest BCUT2D eigenvalue weighted by Crippen LogP contribution is 2.25. The number of rotatable bonds is 3. The number of amides is 1. The monoisotopic (exact) mass is 345 g/mol. The van der Waals surface area contributed by atoms with Crippen molar-refractivity contribution in [1.82, 2.24) is 19.4 Å². The minimum absolute atomic E-state index is 0.0442. The van der Waals surface area contributed by atoms with Crippen LogP contribution < -0.4 is 22.3 Å². The molecule has 2 unspecified atom stereocenters. The number of carbonyl (C=O) groups is 1. The molecule has 0 bridgehead atoms. The Hall–Kier alpha value is -2.48. The molecule has 2 heterocycles. The van der Waals surface area contributed by atoms with Crippen molar-refractivity contribution in [2.24, 2.45) is 25.7 Å². The summed E-state index contributed by atoms with van der Waals surface area (Å²) in [6.45, 7) is 2.28. The van der Waals surface area contributed by atoms with E-state index in [1.807, 2.05) is 0 Å². The second kappa shape index (κ2) is 6.44. The summed E-state index contributed by atoms with van der Waals surface area (Å²) in [7, 11) is 2.97. The van der Waals surface area contributed by atoms with Crippen LogP contribution in [-0.4, -0.2) is 32.6 Å². The van der Waals surface area contributed by atoms with E-state index in [1.165, 1.54) is 11.6 Å². The van der Waals surface area contributed by atoms with E-state index < -0.39 is 11.2 Å². The fraction of sp³-hybridized carbons (Fsp3) is 0.529. The SMILES string of the molecule is Cc1cc(C(=O)NC2CCCC2CN)nc2c1c(=O)n(C)c(=O)n2C. The van der Waals surface area contributed by atoms with Crippen LogP contribution in [0.3, 0.4) is 0 Å². The second-order valence-corrected chi connectivity index (χ2v) is 6.74. The maximum Gasteiger partial charge on any atom is 0.332 e. The number of aryl methyl sites for hydroxylation is 2. The maximum absolute atomic E-state index is 12.6. The fourth-order valence-corrected chi connectivity index (χ4v) is 3.60. The Morgan fingerprint density at radius 1 is 1.32 bits per heavy atom. The average Bonchev–Trinajstić information content (AvgIpc) is 3.04. The van der Waals surface area contributed by atoms with Gasteiger partial charge in [0.2, 0.25) is 0 Å². The zero-order valence-corrected chi connectivity index (χ0v) is 14.7. The lowest BCUT2D eigenvalue weighted by atomic mass is 10.0. The normalized spacial score (nSPS) is 20.2. The van der Waals surface area contributed by atoms with Crippen LogP contribution >= 0.6 is 0 Å². The van der Waals surface area contributed by atoms with Gasteiger partial charge in [-0.1, -0.05) is 6.42 Å². The molecule has 3 N–H and O–H groups in total. The number of carbonyl (C=O) groups excluding carboxylic acids is 1. The van der Waals surface area contributed by atoms with Crippen molar-refractivity contribution in [1.29, 1.82) is 0 Å². The third kappa shape index (κ3) is 2.86. The molecule has 134 valence electrons. The standard InChI is InChI=1S/C17H23N5O3/c1-9-7-12(15(23)20-11-6-4-5-10(11)8-18)19-14-13(9)16(24)22(3)17(25)21(14)2/h7,10-11H,4-6,8,18H2,1-3H3,(H,20,23). The molecule has 3 rings (SSSR count). The molecule has 0 saturated heterocycles. The second-order valence-electron chi connectivity index (χ2n) is 6.74. The number of nitrogens with one attached hydrogen (secondary N) is 1. The Balaban J connectivity index is 2.05. The van der Waals surface area contributed by atoms with Crippen molar-refractivity contribution in [2.75, 3.05) is 6.54 Å². The van der Waals surface area contributed by atoms with E-state index in [9.17, 15) is 14.4 Å². The van der Waals surface area contributed by atoms with E-state index in [4.69, 9.17) is 5.73 Å². The van der Waals surface area contributed by atoms with Crippen LogP contribution in [0.15, 0.2) is 15.7 Å². The lowest BCUT2D eigenvalue weighted by Crippen LogP contribution is -2.41. The Morgan fingerprint density at radius 3 is 2.72 bits per heavy atom. The van der Waals surface area contributed by atoms with Gasteiger partial charge in [-0.05, 0) is 43.9 Å². The van der Waals surface area contributed by atoms with Crippen LogP contribution in [0.25, 0.3) is 11.0 Å². The van der Waals surface area contributed by atoms with Gasteiger partial charge in [-0.25, -0.2) is 9.78 Å². The molecular formula is C17H23N5O3. The number of hydrogen-bond acceptors (Lipinski definition) is 5. The molecule has 1 amide bonds. The third-order valence-electron chi connectivity index (χ3n) is 5.12. The van der Waals surface area contributed by atoms with Gasteiger partial charge in [-0.15, -0.1) is 0 Å². The number of pyridine rings is 1. The summed E-state index contributed by atoms with van der Waals surface area (Å²) in [4.78, 5) is 41.4. The number of aromatic nitrogens is 3. The summed E-state index contributed by atoms with van der Waals surface area (Å²) in [5.74, 6) is -0.0226. The topological polar surface area (TPSA) is 112 Å². The first-order valence-electron chi connectivity index (χ1n) is 8.43. The van der Waals surface area contributed by atoms with Gasteiger partial charge in [0.25, 0.3) is 11.5 Å². The van der Waals surface area contributed by atoms with Crippen molar-refractivity contribution in [3.63, 3.8) is 0 Å². The van der Waals surface area contributed by atoms with E-state index >= 15 is 0 Å². The van der Waals surface area contributed by atoms with Crippen LogP contribution in [0.5, 0.6) is 0 Å². The fourth-order valence-electron chi connectivity index (χ4n) is 3.60. The summed E-state index contributed by atoms with van der Waals surface area (Å²) in [6.07, 6.45) is 2.96. The Kier molecular flexibility index (Phi) is 4.47. The summed E-state index contributed by atoms with van der Waals surface area (Å²) in [5, 5.41) is 3.34. The van der Waals surface area contributed by atoms with Crippen molar-refractivity contribution < 1.29 is 4.79 Å². The van der Waals surface area contributed by atoms with Gasteiger partial charge in [-0.3, -0.25) is 18.7 Å². The molecule has 1 aliphatic carbocycles. The highest BCUT2D eigenvalue weighted by molar-refractivity contribution is 5.95. The molecule has 8 heteroatoms. The van der Waals surface area contributed by atoms with Gasteiger partial charge in [0.05, 0.1) is 5.39 Å². The van der Waals surface area contributed by atoms with Gasteiger partial charge in [0.15, 0.2) is 0 Å². The third-order valence-corrected chi connectivity index (χ3v) is 5.12. The maximum atomic E-state index is 12.6. The van der Waals surface area contributed by atoms with Crippen molar-refractivity contribution >= 4 is 16.9 Å². The molecule has 1 aliphatic rings. The number of fused-ring (bicyclic) bond motifs is 1.